The lowest BCUT2D eigenvalue weighted by Crippen LogP contribution is -2.49. The number of amides is 1. The van der Waals surface area contributed by atoms with Gasteiger partial charge in [0.15, 0.2) is 17.3 Å². The highest BCUT2D eigenvalue weighted by atomic mass is 16.5. The van der Waals surface area contributed by atoms with E-state index in [1.54, 1.807) is 21.3 Å². The summed E-state index contributed by atoms with van der Waals surface area (Å²) in [5.74, 6) is 3.11. The van der Waals surface area contributed by atoms with Crippen molar-refractivity contribution in [3.05, 3.63) is 54.1 Å². The third-order valence-corrected chi connectivity index (χ3v) is 5.73. The van der Waals surface area contributed by atoms with Crippen molar-refractivity contribution in [2.24, 2.45) is 0 Å². The highest BCUT2D eigenvalue weighted by Crippen LogP contribution is 2.28. The zero-order chi connectivity index (χ0) is 22.5. The van der Waals surface area contributed by atoms with Gasteiger partial charge in [0, 0.05) is 32.2 Å². The van der Waals surface area contributed by atoms with E-state index in [2.05, 4.69) is 15.1 Å². The minimum Gasteiger partial charge on any atom is -0.497 e. The number of hydrogen-bond acceptors (Lipinski definition) is 6. The molecule has 1 saturated heterocycles. The van der Waals surface area contributed by atoms with Crippen LogP contribution in [-0.2, 0) is 11.2 Å². The molecule has 2 aromatic carbocycles. The number of hydrogen-bond donors (Lipinski definition) is 1. The molecule has 1 aliphatic rings. The van der Waals surface area contributed by atoms with Gasteiger partial charge in [0.25, 0.3) is 0 Å². The Morgan fingerprint density at radius 1 is 0.906 bits per heavy atom. The van der Waals surface area contributed by atoms with Crippen LogP contribution in [0.1, 0.15) is 5.56 Å². The van der Waals surface area contributed by atoms with Gasteiger partial charge in [-0.2, -0.15) is 5.10 Å². The molecule has 1 amide bonds. The second-order valence-electron chi connectivity index (χ2n) is 7.60. The molecule has 0 radical (unpaired) electrons. The number of aromatic nitrogens is 2. The maximum atomic E-state index is 12.8. The number of nitrogens with one attached hydrogen (secondary N) is 1. The van der Waals surface area contributed by atoms with Gasteiger partial charge < -0.3 is 24.0 Å². The largest absolute Gasteiger partial charge is 0.497 e. The summed E-state index contributed by atoms with van der Waals surface area (Å²) in [5.41, 5.74) is 2.91. The van der Waals surface area contributed by atoms with E-state index in [9.17, 15) is 4.79 Å². The molecule has 0 saturated carbocycles. The highest BCUT2D eigenvalue weighted by molar-refractivity contribution is 5.79. The Morgan fingerprint density at radius 2 is 1.62 bits per heavy atom. The number of rotatable bonds is 7. The molecule has 4 rings (SSSR count). The molecule has 1 N–H and O–H groups in total. The summed E-state index contributed by atoms with van der Waals surface area (Å²) in [6, 6.07) is 15.5. The SMILES string of the molecule is COc1ccc(-c2cc(N3CCN(C(=O)Cc4ccc(OC)c(OC)c4)CC3)n[nH]2)cc1. The van der Waals surface area contributed by atoms with Gasteiger partial charge in [-0.15, -0.1) is 0 Å². The molecule has 1 fully saturated rings. The summed E-state index contributed by atoms with van der Waals surface area (Å²) in [7, 11) is 4.85. The van der Waals surface area contributed by atoms with Crippen LogP contribution in [0.4, 0.5) is 5.82 Å². The zero-order valence-electron chi connectivity index (χ0n) is 18.6. The van der Waals surface area contributed by atoms with Crippen LogP contribution in [0.2, 0.25) is 0 Å². The Bertz CT molecular complexity index is 1060. The summed E-state index contributed by atoms with van der Waals surface area (Å²) >= 11 is 0. The van der Waals surface area contributed by atoms with Crippen LogP contribution in [-0.4, -0.2) is 68.5 Å². The molecule has 2 heterocycles. The van der Waals surface area contributed by atoms with Crippen molar-refractivity contribution in [1.29, 1.82) is 0 Å². The maximum absolute atomic E-state index is 12.8. The zero-order valence-corrected chi connectivity index (χ0v) is 18.6. The van der Waals surface area contributed by atoms with Gasteiger partial charge >= 0.3 is 0 Å². The fraction of sp³-hybridized carbons (Fsp3) is 0.333. The Morgan fingerprint density at radius 3 is 2.28 bits per heavy atom. The van der Waals surface area contributed by atoms with E-state index in [1.165, 1.54) is 0 Å². The molecule has 168 valence electrons. The van der Waals surface area contributed by atoms with Gasteiger partial charge in [0.2, 0.25) is 5.91 Å². The van der Waals surface area contributed by atoms with Crippen molar-refractivity contribution in [3.8, 4) is 28.5 Å². The summed E-state index contributed by atoms with van der Waals surface area (Å²) in [6.07, 6.45) is 0.338. The van der Waals surface area contributed by atoms with Gasteiger partial charge in [0.05, 0.1) is 33.4 Å². The molecular weight excluding hydrogens is 408 g/mol. The lowest BCUT2D eigenvalue weighted by molar-refractivity contribution is -0.130. The minimum atomic E-state index is 0.109. The van der Waals surface area contributed by atoms with Gasteiger partial charge in [-0.3, -0.25) is 9.89 Å². The molecule has 0 aliphatic carbocycles. The fourth-order valence-electron chi connectivity index (χ4n) is 3.85. The lowest BCUT2D eigenvalue weighted by atomic mass is 10.1. The predicted molar refractivity (Wildman–Crippen MR) is 123 cm³/mol. The van der Waals surface area contributed by atoms with Crippen LogP contribution in [0.3, 0.4) is 0 Å². The van der Waals surface area contributed by atoms with Crippen LogP contribution in [0.15, 0.2) is 48.5 Å². The van der Waals surface area contributed by atoms with E-state index in [1.807, 2.05) is 53.4 Å². The Kier molecular flexibility index (Phi) is 6.49. The Labute approximate surface area is 187 Å². The third-order valence-electron chi connectivity index (χ3n) is 5.73. The number of anilines is 1. The summed E-state index contributed by atoms with van der Waals surface area (Å²) < 4.78 is 15.8. The number of ether oxygens (including phenoxy) is 3. The van der Waals surface area contributed by atoms with E-state index < -0.39 is 0 Å². The quantitative estimate of drug-likeness (QED) is 0.613. The van der Waals surface area contributed by atoms with Crippen molar-refractivity contribution in [2.75, 3.05) is 52.4 Å². The van der Waals surface area contributed by atoms with Crippen LogP contribution in [0.25, 0.3) is 11.3 Å². The van der Waals surface area contributed by atoms with Crippen LogP contribution >= 0.6 is 0 Å². The molecule has 32 heavy (non-hydrogen) atoms. The number of benzene rings is 2. The van der Waals surface area contributed by atoms with E-state index in [0.717, 1.165) is 41.5 Å². The monoisotopic (exact) mass is 436 g/mol. The van der Waals surface area contributed by atoms with Crippen molar-refractivity contribution >= 4 is 11.7 Å². The molecule has 0 atom stereocenters. The number of carbonyl (C=O) groups is 1. The van der Waals surface area contributed by atoms with Gasteiger partial charge in [-0.05, 0) is 47.5 Å². The molecular formula is C24H28N4O4. The van der Waals surface area contributed by atoms with Crippen molar-refractivity contribution in [1.82, 2.24) is 15.1 Å². The van der Waals surface area contributed by atoms with Gasteiger partial charge in [-0.1, -0.05) is 6.07 Å². The number of H-pyrrole nitrogens is 1. The number of methoxy groups -OCH3 is 3. The first kappa shape index (κ1) is 21.5. The van der Waals surface area contributed by atoms with Crippen molar-refractivity contribution in [3.63, 3.8) is 0 Å². The lowest BCUT2D eigenvalue weighted by Gasteiger charge is -2.34. The summed E-state index contributed by atoms with van der Waals surface area (Å²) in [5, 5.41) is 7.58. The van der Waals surface area contributed by atoms with Crippen LogP contribution in [0, 0.1) is 0 Å². The second-order valence-corrected chi connectivity index (χ2v) is 7.60. The first-order chi connectivity index (χ1) is 15.6. The predicted octanol–water partition coefficient (Wildman–Crippen LogP) is 2.99. The topological polar surface area (TPSA) is 79.9 Å². The summed E-state index contributed by atoms with van der Waals surface area (Å²) in [4.78, 5) is 16.9. The fourth-order valence-corrected chi connectivity index (χ4v) is 3.85. The van der Waals surface area contributed by atoms with Crippen LogP contribution in [0.5, 0.6) is 17.2 Å². The first-order valence-electron chi connectivity index (χ1n) is 10.5. The third kappa shape index (κ3) is 4.64. The molecule has 3 aromatic rings. The normalized spacial score (nSPS) is 13.7. The average molecular weight is 437 g/mol. The van der Waals surface area contributed by atoms with Gasteiger partial charge in [-0.25, -0.2) is 0 Å². The van der Waals surface area contributed by atoms with Crippen LogP contribution < -0.4 is 19.1 Å². The molecule has 0 bridgehead atoms. The van der Waals surface area contributed by atoms with Crippen molar-refractivity contribution in [2.45, 2.75) is 6.42 Å². The average Bonchev–Trinajstić information content (AvgIpc) is 3.34. The summed E-state index contributed by atoms with van der Waals surface area (Å²) in [6.45, 7) is 2.81. The molecule has 0 spiro atoms. The molecule has 0 unspecified atom stereocenters. The smallest absolute Gasteiger partial charge is 0.227 e. The number of carbonyl (C=O) groups excluding carboxylic acids is 1. The maximum Gasteiger partial charge on any atom is 0.227 e. The molecule has 8 heteroatoms. The molecule has 1 aliphatic heterocycles. The van der Waals surface area contributed by atoms with E-state index >= 15 is 0 Å². The first-order valence-corrected chi connectivity index (χ1v) is 10.5. The van der Waals surface area contributed by atoms with Gasteiger partial charge in [0.1, 0.15) is 5.75 Å². The number of aromatic amines is 1. The van der Waals surface area contributed by atoms with E-state index in [0.29, 0.717) is 31.0 Å². The van der Waals surface area contributed by atoms with E-state index in [-0.39, 0.29) is 5.91 Å². The standard InChI is InChI=1S/C24H28N4O4/c1-30-19-7-5-18(6-8-19)20-16-23(26-25-20)27-10-12-28(13-11-27)24(29)15-17-4-9-21(31-2)22(14-17)32-3/h4-9,14,16H,10-13,15H2,1-3H3,(H,25,26). The van der Waals surface area contributed by atoms with E-state index in [4.69, 9.17) is 14.2 Å². The molecule has 8 nitrogen and oxygen atoms in total. The number of nitrogens with zero attached hydrogens (tertiary/aromatic N) is 3. The minimum absolute atomic E-state index is 0.109. The molecule has 1 aromatic heterocycles. The number of piperazine rings is 1. The second kappa shape index (κ2) is 9.64. The Balaban J connectivity index is 1.34. The Hall–Kier alpha value is -3.68. The highest BCUT2D eigenvalue weighted by Gasteiger charge is 2.23. The van der Waals surface area contributed by atoms with Crippen molar-refractivity contribution < 1.29 is 19.0 Å².